The Balaban J connectivity index is 2.27. The lowest BCUT2D eigenvalue weighted by molar-refractivity contribution is -0.121. The third-order valence-electron chi connectivity index (χ3n) is 4.10. The molecule has 2 aromatic heterocycles. The minimum absolute atomic E-state index is 0.110. The smallest absolute Gasteiger partial charge is 0.150 e. The fourth-order valence-electron chi connectivity index (χ4n) is 3.06. The standard InChI is InChI=1S/C17H24N2O/c1-9-7-11(3)18-15(9)13(5)17(20)14(6)16-10(2)8-12(4)19-16/h7-8,13-14,18-19H,1-6H3. The zero-order valence-electron chi connectivity index (χ0n) is 13.2. The van der Waals surface area contributed by atoms with E-state index in [0.29, 0.717) is 0 Å². The number of nitrogens with one attached hydrogen (secondary N) is 2. The van der Waals surface area contributed by atoms with Gasteiger partial charge in [0.2, 0.25) is 0 Å². The number of carbonyl (C=O) groups is 1. The van der Waals surface area contributed by atoms with Gasteiger partial charge in [-0.25, -0.2) is 0 Å². The first-order valence-electron chi connectivity index (χ1n) is 7.17. The lowest BCUT2D eigenvalue weighted by Crippen LogP contribution is -2.18. The zero-order chi connectivity index (χ0) is 15.0. The number of Topliss-reactive ketones (excluding diaryl/α,β-unsaturated/α-hetero) is 1. The van der Waals surface area contributed by atoms with Crippen molar-refractivity contribution in [1.29, 1.82) is 0 Å². The summed E-state index contributed by atoms with van der Waals surface area (Å²) in [4.78, 5) is 19.4. The number of aromatic amines is 2. The molecule has 0 saturated carbocycles. The van der Waals surface area contributed by atoms with Gasteiger partial charge in [-0.15, -0.1) is 0 Å². The Morgan fingerprint density at radius 3 is 1.45 bits per heavy atom. The van der Waals surface area contributed by atoms with Gasteiger partial charge in [-0.2, -0.15) is 0 Å². The topological polar surface area (TPSA) is 48.6 Å². The van der Waals surface area contributed by atoms with Gasteiger partial charge in [-0.3, -0.25) is 4.79 Å². The molecule has 0 spiro atoms. The minimum Gasteiger partial charge on any atom is -0.362 e. The molecule has 0 saturated heterocycles. The van der Waals surface area contributed by atoms with E-state index in [2.05, 4.69) is 35.9 Å². The van der Waals surface area contributed by atoms with Gasteiger partial charge in [0.25, 0.3) is 0 Å². The molecule has 0 amide bonds. The number of hydrogen-bond donors (Lipinski definition) is 2. The average molecular weight is 272 g/mol. The molecule has 0 aliphatic rings. The van der Waals surface area contributed by atoms with Crippen LogP contribution in [0, 0.1) is 27.7 Å². The van der Waals surface area contributed by atoms with Crippen LogP contribution in [0.15, 0.2) is 12.1 Å². The molecule has 20 heavy (non-hydrogen) atoms. The average Bonchev–Trinajstić information content (AvgIpc) is 2.88. The van der Waals surface area contributed by atoms with Crippen molar-refractivity contribution < 1.29 is 4.79 Å². The molecule has 0 bridgehead atoms. The second-order valence-corrected chi connectivity index (χ2v) is 5.94. The van der Waals surface area contributed by atoms with E-state index >= 15 is 0 Å². The molecule has 2 unspecified atom stereocenters. The quantitative estimate of drug-likeness (QED) is 0.866. The van der Waals surface area contributed by atoms with E-state index in [4.69, 9.17) is 0 Å². The Morgan fingerprint density at radius 2 is 1.20 bits per heavy atom. The molecular weight excluding hydrogens is 248 g/mol. The van der Waals surface area contributed by atoms with Gasteiger partial charge in [0.15, 0.2) is 0 Å². The maximum absolute atomic E-state index is 12.7. The van der Waals surface area contributed by atoms with Crippen molar-refractivity contribution in [2.75, 3.05) is 0 Å². The molecule has 3 nitrogen and oxygen atoms in total. The van der Waals surface area contributed by atoms with E-state index < -0.39 is 0 Å². The number of aryl methyl sites for hydroxylation is 4. The Labute approximate surface area is 120 Å². The van der Waals surface area contributed by atoms with Crippen molar-refractivity contribution in [3.63, 3.8) is 0 Å². The van der Waals surface area contributed by atoms with Crippen LogP contribution in [0.3, 0.4) is 0 Å². The predicted octanol–water partition coefficient (Wildman–Crippen LogP) is 4.05. The molecule has 2 aromatic rings. The van der Waals surface area contributed by atoms with Gasteiger partial charge in [-0.05, 0) is 64.8 Å². The third-order valence-corrected chi connectivity index (χ3v) is 4.10. The molecule has 0 aliphatic carbocycles. The Morgan fingerprint density at radius 1 is 0.850 bits per heavy atom. The maximum Gasteiger partial charge on any atom is 0.150 e. The molecule has 2 heterocycles. The molecule has 2 atom stereocenters. The Kier molecular flexibility index (Phi) is 3.89. The number of aromatic nitrogens is 2. The highest BCUT2D eigenvalue weighted by molar-refractivity contribution is 5.91. The second kappa shape index (κ2) is 5.31. The summed E-state index contributed by atoms with van der Waals surface area (Å²) in [5, 5.41) is 0. The SMILES string of the molecule is Cc1cc(C)c(C(C)C(=O)C(C)c2[nH]c(C)cc2C)[nH]1. The highest BCUT2D eigenvalue weighted by atomic mass is 16.1. The Hall–Kier alpha value is -1.77. The van der Waals surface area contributed by atoms with Crippen molar-refractivity contribution in [2.45, 2.75) is 53.4 Å². The van der Waals surface area contributed by atoms with E-state index in [1.807, 2.05) is 27.7 Å². The monoisotopic (exact) mass is 272 g/mol. The summed E-state index contributed by atoms with van der Waals surface area (Å²) in [7, 11) is 0. The van der Waals surface area contributed by atoms with E-state index in [9.17, 15) is 4.79 Å². The van der Waals surface area contributed by atoms with Crippen LogP contribution in [0.2, 0.25) is 0 Å². The van der Waals surface area contributed by atoms with Crippen LogP contribution < -0.4 is 0 Å². The van der Waals surface area contributed by atoms with E-state index in [1.165, 1.54) is 0 Å². The molecule has 108 valence electrons. The molecule has 0 aromatic carbocycles. The molecule has 0 fully saturated rings. The Bertz CT molecular complexity index is 579. The van der Waals surface area contributed by atoms with E-state index in [0.717, 1.165) is 33.9 Å². The van der Waals surface area contributed by atoms with Crippen LogP contribution in [-0.2, 0) is 4.79 Å². The summed E-state index contributed by atoms with van der Waals surface area (Å²) in [6.07, 6.45) is 0. The number of rotatable bonds is 4. The molecule has 2 N–H and O–H groups in total. The van der Waals surface area contributed by atoms with Crippen molar-refractivity contribution in [3.8, 4) is 0 Å². The fraction of sp³-hybridized carbons (Fsp3) is 0.471. The summed E-state index contributed by atoms with van der Waals surface area (Å²) >= 11 is 0. The molecule has 2 rings (SSSR count). The molecule has 3 heteroatoms. The normalized spacial score (nSPS) is 14.3. The molecule has 0 aliphatic heterocycles. The molecule has 0 radical (unpaired) electrons. The van der Waals surface area contributed by atoms with E-state index in [-0.39, 0.29) is 17.6 Å². The van der Waals surface area contributed by atoms with Gasteiger partial charge in [-0.1, -0.05) is 0 Å². The zero-order valence-corrected chi connectivity index (χ0v) is 13.2. The van der Waals surface area contributed by atoms with Crippen molar-refractivity contribution in [1.82, 2.24) is 9.97 Å². The highest BCUT2D eigenvalue weighted by Gasteiger charge is 2.26. The van der Waals surface area contributed by atoms with Crippen LogP contribution in [0.1, 0.15) is 59.6 Å². The summed E-state index contributed by atoms with van der Waals surface area (Å²) in [5.74, 6) is 0.0308. The van der Waals surface area contributed by atoms with Gasteiger partial charge in [0.1, 0.15) is 5.78 Å². The minimum atomic E-state index is -0.110. The number of hydrogen-bond acceptors (Lipinski definition) is 1. The second-order valence-electron chi connectivity index (χ2n) is 5.94. The fourth-order valence-corrected chi connectivity index (χ4v) is 3.06. The third kappa shape index (κ3) is 2.58. The van der Waals surface area contributed by atoms with Crippen LogP contribution in [-0.4, -0.2) is 15.8 Å². The summed E-state index contributed by atoms with van der Waals surface area (Å²) in [5.41, 5.74) is 6.62. The van der Waals surface area contributed by atoms with Crippen molar-refractivity contribution in [2.24, 2.45) is 0 Å². The van der Waals surface area contributed by atoms with Crippen LogP contribution in [0.5, 0.6) is 0 Å². The first kappa shape index (κ1) is 14.6. The largest absolute Gasteiger partial charge is 0.362 e. The van der Waals surface area contributed by atoms with E-state index in [1.54, 1.807) is 0 Å². The van der Waals surface area contributed by atoms with Crippen LogP contribution in [0.4, 0.5) is 0 Å². The van der Waals surface area contributed by atoms with Gasteiger partial charge < -0.3 is 9.97 Å². The van der Waals surface area contributed by atoms with Crippen LogP contribution >= 0.6 is 0 Å². The maximum atomic E-state index is 12.7. The summed E-state index contributed by atoms with van der Waals surface area (Å²) in [6.45, 7) is 12.1. The summed E-state index contributed by atoms with van der Waals surface area (Å²) < 4.78 is 0. The predicted molar refractivity (Wildman–Crippen MR) is 82.4 cm³/mol. The van der Waals surface area contributed by atoms with Crippen molar-refractivity contribution >= 4 is 5.78 Å². The highest BCUT2D eigenvalue weighted by Crippen LogP contribution is 2.29. The lowest BCUT2D eigenvalue weighted by atomic mass is 9.88. The first-order chi connectivity index (χ1) is 9.31. The summed E-state index contributed by atoms with van der Waals surface area (Å²) in [6, 6.07) is 4.18. The van der Waals surface area contributed by atoms with Crippen molar-refractivity contribution in [3.05, 3.63) is 46.0 Å². The number of carbonyl (C=O) groups excluding carboxylic acids is 1. The lowest BCUT2D eigenvalue weighted by Gasteiger charge is -2.16. The first-order valence-corrected chi connectivity index (χ1v) is 7.17. The van der Waals surface area contributed by atoms with Gasteiger partial charge in [0.05, 0.1) is 11.8 Å². The molecular formula is C17H24N2O. The number of ketones is 1. The number of H-pyrrole nitrogens is 2. The van der Waals surface area contributed by atoms with Gasteiger partial charge in [0, 0.05) is 22.8 Å². The van der Waals surface area contributed by atoms with Crippen LogP contribution in [0.25, 0.3) is 0 Å². The van der Waals surface area contributed by atoms with Gasteiger partial charge >= 0.3 is 0 Å².